The molecule has 2 saturated carbocycles. The van der Waals surface area contributed by atoms with Crippen molar-refractivity contribution in [3.05, 3.63) is 22.3 Å². The summed E-state index contributed by atoms with van der Waals surface area (Å²) in [5.41, 5.74) is 1.54. The Hall–Kier alpha value is -2.08. The molecule has 2 fully saturated rings. The maximum atomic E-state index is 12.5. The van der Waals surface area contributed by atoms with Crippen LogP contribution in [0.15, 0.2) is 0 Å². The van der Waals surface area contributed by atoms with Crippen LogP contribution in [0.3, 0.4) is 0 Å². The number of rotatable bonds is 2. The number of benzene rings is 1. The van der Waals surface area contributed by atoms with Crippen LogP contribution in [0.2, 0.25) is 0 Å². The Morgan fingerprint density at radius 1 is 1.10 bits per heavy atom. The van der Waals surface area contributed by atoms with Crippen molar-refractivity contribution in [2.75, 3.05) is 7.11 Å². The van der Waals surface area contributed by atoms with E-state index >= 15 is 0 Å². The molecule has 2 aliphatic heterocycles. The lowest BCUT2D eigenvalue weighted by atomic mass is 9.44. The fourth-order valence-corrected chi connectivity index (χ4v) is 7.56. The van der Waals surface area contributed by atoms with Crippen molar-refractivity contribution in [1.82, 2.24) is 0 Å². The summed E-state index contributed by atoms with van der Waals surface area (Å²) >= 11 is 0. The third kappa shape index (κ3) is 2.54. The Kier molecular flexibility index (Phi) is 4.34. The van der Waals surface area contributed by atoms with E-state index in [2.05, 4.69) is 27.7 Å². The van der Waals surface area contributed by atoms with Gasteiger partial charge in [0.15, 0.2) is 6.29 Å². The number of aliphatic hydroxyl groups excluding tert-OH is 1. The average Bonchev–Trinajstić information content (AvgIpc) is 3.09. The highest BCUT2D eigenvalue weighted by atomic mass is 16.5. The molecule has 5 rings (SSSR count). The second kappa shape index (κ2) is 6.47. The summed E-state index contributed by atoms with van der Waals surface area (Å²) in [4.78, 5) is 24.6. The largest absolute Gasteiger partial charge is 0.495 e. The number of hydrogen-bond acceptors (Lipinski definition) is 6. The van der Waals surface area contributed by atoms with Gasteiger partial charge < -0.3 is 19.3 Å². The predicted molar refractivity (Wildman–Crippen MR) is 114 cm³/mol. The first kappa shape index (κ1) is 20.8. The van der Waals surface area contributed by atoms with E-state index in [1.807, 2.05) is 0 Å². The zero-order valence-electron chi connectivity index (χ0n) is 19.0. The topological polar surface area (TPSA) is 82.1 Å². The second-order valence-electron chi connectivity index (χ2n) is 10.9. The van der Waals surface area contributed by atoms with Crippen LogP contribution in [0.25, 0.3) is 0 Å². The highest BCUT2D eigenvalue weighted by molar-refractivity contribution is 6.01. The first-order chi connectivity index (χ1) is 14.6. The van der Waals surface area contributed by atoms with Gasteiger partial charge in [0.2, 0.25) is 0 Å². The number of aliphatic hydroxyl groups is 1. The van der Waals surface area contributed by atoms with Gasteiger partial charge in [0, 0.05) is 17.0 Å². The van der Waals surface area contributed by atoms with E-state index in [0.29, 0.717) is 40.5 Å². The lowest BCUT2D eigenvalue weighted by Crippen LogP contribution is -2.63. The number of aldehydes is 1. The zero-order valence-corrected chi connectivity index (χ0v) is 19.0. The number of hydrogen-bond donors (Lipinski definition) is 1. The van der Waals surface area contributed by atoms with Crippen molar-refractivity contribution < 1.29 is 28.9 Å². The quantitative estimate of drug-likeness (QED) is 0.565. The highest BCUT2D eigenvalue weighted by Gasteiger charge is 2.63. The van der Waals surface area contributed by atoms with Crippen molar-refractivity contribution >= 4 is 12.3 Å². The molecule has 1 aromatic rings. The van der Waals surface area contributed by atoms with Gasteiger partial charge in [0.25, 0.3) is 0 Å². The molecule has 5 atom stereocenters. The lowest BCUT2D eigenvalue weighted by Gasteiger charge is -2.64. The Bertz CT molecular complexity index is 981. The average molecular weight is 429 g/mol. The predicted octanol–water partition coefficient (Wildman–Crippen LogP) is 4.09. The van der Waals surface area contributed by atoms with Gasteiger partial charge in [0.1, 0.15) is 29.3 Å². The number of carbonyl (C=O) groups excluding carboxylic acids is 2. The van der Waals surface area contributed by atoms with Crippen LogP contribution < -0.4 is 9.47 Å². The molecule has 2 aliphatic carbocycles. The fraction of sp³-hybridized carbons (Fsp3) is 0.680. The minimum Gasteiger partial charge on any atom is -0.495 e. The summed E-state index contributed by atoms with van der Waals surface area (Å²) in [6, 6.07) is 0. The number of carbonyl (C=O) groups is 2. The normalized spacial score (nSPS) is 37.5. The molecule has 4 aliphatic rings. The summed E-state index contributed by atoms with van der Waals surface area (Å²) in [6.45, 7) is 8.95. The van der Waals surface area contributed by atoms with Crippen molar-refractivity contribution in [2.45, 2.75) is 78.1 Å². The number of esters is 1. The van der Waals surface area contributed by atoms with Gasteiger partial charge in [-0.15, -0.1) is 0 Å². The van der Waals surface area contributed by atoms with Crippen molar-refractivity contribution in [1.29, 1.82) is 0 Å². The minimum atomic E-state index is -0.444. The van der Waals surface area contributed by atoms with Crippen LogP contribution in [-0.4, -0.2) is 36.2 Å². The van der Waals surface area contributed by atoms with Crippen LogP contribution in [0.4, 0.5) is 0 Å². The van der Waals surface area contributed by atoms with Gasteiger partial charge in [-0.2, -0.15) is 0 Å². The van der Waals surface area contributed by atoms with Crippen LogP contribution in [0, 0.1) is 22.7 Å². The number of methoxy groups -OCH3 is 1. The van der Waals surface area contributed by atoms with Crippen LogP contribution in [0.1, 0.15) is 85.2 Å². The molecule has 1 aromatic carbocycles. The van der Waals surface area contributed by atoms with Crippen LogP contribution in [-0.2, 0) is 17.8 Å². The van der Waals surface area contributed by atoms with Crippen molar-refractivity contribution in [3.63, 3.8) is 0 Å². The maximum absolute atomic E-state index is 12.5. The molecule has 0 saturated heterocycles. The van der Waals surface area contributed by atoms with E-state index in [-0.39, 0.29) is 29.5 Å². The van der Waals surface area contributed by atoms with Crippen LogP contribution in [0.5, 0.6) is 11.5 Å². The third-order valence-corrected chi connectivity index (χ3v) is 9.24. The number of ether oxygens (including phenoxy) is 3. The molecule has 6 nitrogen and oxygen atoms in total. The van der Waals surface area contributed by atoms with E-state index < -0.39 is 11.6 Å². The first-order valence-corrected chi connectivity index (χ1v) is 11.3. The van der Waals surface area contributed by atoms with Crippen molar-refractivity contribution in [2.24, 2.45) is 22.7 Å². The summed E-state index contributed by atoms with van der Waals surface area (Å²) in [6.07, 6.45) is 4.69. The molecule has 0 bridgehead atoms. The highest BCUT2D eigenvalue weighted by Crippen LogP contribution is 2.65. The maximum Gasteiger partial charge on any atom is 0.342 e. The molecule has 1 N–H and O–H groups in total. The van der Waals surface area contributed by atoms with Gasteiger partial charge in [-0.1, -0.05) is 20.8 Å². The molecule has 0 aromatic heterocycles. The van der Waals surface area contributed by atoms with Gasteiger partial charge in [-0.25, -0.2) is 4.79 Å². The molecule has 0 spiro atoms. The van der Waals surface area contributed by atoms with E-state index in [1.54, 1.807) is 7.11 Å². The van der Waals surface area contributed by atoms with Gasteiger partial charge in [-0.3, -0.25) is 4.79 Å². The third-order valence-electron chi connectivity index (χ3n) is 9.24. The molecule has 0 amide bonds. The van der Waals surface area contributed by atoms with E-state index in [1.165, 1.54) is 0 Å². The van der Waals surface area contributed by atoms with Crippen LogP contribution >= 0.6 is 0 Å². The number of fused-ring (bicyclic) bond motifs is 5. The Labute approximate surface area is 183 Å². The molecule has 0 unspecified atom stereocenters. The van der Waals surface area contributed by atoms with Gasteiger partial charge in [-0.05, 0) is 55.8 Å². The Balaban J connectivity index is 1.69. The molecule has 6 heteroatoms. The number of cyclic esters (lactones) is 1. The monoisotopic (exact) mass is 428 g/mol. The zero-order chi connectivity index (χ0) is 22.3. The molecule has 2 heterocycles. The van der Waals surface area contributed by atoms with Gasteiger partial charge in [0.05, 0.1) is 18.8 Å². The second-order valence-corrected chi connectivity index (χ2v) is 10.9. The Morgan fingerprint density at radius 3 is 2.52 bits per heavy atom. The standard InChI is InChI=1S/C25H32O6/c1-23(2)16-6-9-25(4)17(24(16,3)8-7-18(23)27)10-13-20(31-25)14(11-26)15-12-30-22(28)19(15)21(13)29-5/h11,16-18,27H,6-10,12H2,1-5H3/t16-,17+,18-,24-,25+/m0/s1. The van der Waals surface area contributed by atoms with Crippen molar-refractivity contribution in [3.8, 4) is 11.5 Å². The minimum absolute atomic E-state index is 0.0285. The van der Waals surface area contributed by atoms with E-state index in [4.69, 9.17) is 14.2 Å². The van der Waals surface area contributed by atoms with E-state index in [0.717, 1.165) is 37.5 Å². The fourth-order valence-electron chi connectivity index (χ4n) is 7.56. The first-order valence-electron chi connectivity index (χ1n) is 11.3. The molecule has 168 valence electrons. The SMILES string of the molecule is COc1c2c(c(C=O)c3c1C(=O)OC3)O[C@]1(C)CC[C@H]3C(C)(C)[C@@H](O)CC[C@]3(C)[C@H]1C2. The van der Waals surface area contributed by atoms with E-state index in [9.17, 15) is 14.7 Å². The summed E-state index contributed by atoms with van der Waals surface area (Å²) in [5, 5.41) is 10.8. The molecular formula is C25H32O6. The van der Waals surface area contributed by atoms with Gasteiger partial charge >= 0.3 is 5.97 Å². The summed E-state index contributed by atoms with van der Waals surface area (Å²) in [5.74, 6) is 1.14. The summed E-state index contributed by atoms with van der Waals surface area (Å²) < 4.78 is 17.7. The molecule has 31 heavy (non-hydrogen) atoms. The molecule has 0 radical (unpaired) electrons. The summed E-state index contributed by atoms with van der Waals surface area (Å²) in [7, 11) is 1.56. The molecular weight excluding hydrogens is 396 g/mol. The Morgan fingerprint density at radius 2 is 1.84 bits per heavy atom. The smallest absolute Gasteiger partial charge is 0.342 e. The lowest BCUT2D eigenvalue weighted by molar-refractivity contribution is -0.191.